The van der Waals surface area contributed by atoms with E-state index in [9.17, 15) is 18.7 Å². The van der Waals surface area contributed by atoms with Crippen LogP contribution in [0.25, 0.3) is 0 Å². The second-order valence-electron chi connectivity index (χ2n) is 6.52. The number of halogens is 2. The number of pyridine rings is 1. The van der Waals surface area contributed by atoms with Crippen molar-refractivity contribution in [2.75, 3.05) is 11.4 Å². The number of unbranched alkanes of at least 4 members (excludes halogenated alkanes) is 2. The van der Waals surface area contributed by atoms with Crippen molar-refractivity contribution >= 4 is 11.9 Å². The molecule has 0 spiro atoms. The van der Waals surface area contributed by atoms with Crippen molar-refractivity contribution in [1.29, 1.82) is 0 Å². The number of alkyl halides is 1. The topological polar surface area (TPSA) is 92.4 Å². The first-order chi connectivity index (χ1) is 12.2. The molecule has 0 saturated carbocycles. The number of hydrogen-bond acceptors (Lipinski definition) is 5. The van der Waals surface area contributed by atoms with Gasteiger partial charge in [0, 0.05) is 13.0 Å². The number of amides is 1. The zero-order chi connectivity index (χ0) is 19.3. The molecule has 0 aliphatic rings. The maximum atomic E-state index is 13.7. The van der Waals surface area contributed by atoms with Gasteiger partial charge in [-0.25, -0.2) is 18.6 Å². The lowest BCUT2D eigenvalue weighted by Crippen LogP contribution is -2.31. The quantitative estimate of drug-likeness (QED) is 0.708. The SMILES string of the molecule is Cc1cc(N(CCCCCc2noc(C(C)(C)F)n2)C(=O)O)ncc1F. The summed E-state index contributed by atoms with van der Waals surface area (Å²) in [5.41, 5.74) is -1.34. The van der Waals surface area contributed by atoms with E-state index < -0.39 is 17.6 Å². The van der Waals surface area contributed by atoms with Crippen LogP contribution < -0.4 is 4.90 Å². The summed E-state index contributed by atoms with van der Waals surface area (Å²) in [6.45, 7) is 4.48. The first kappa shape index (κ1) is 19.7. The predicted molar refractivity (Wildman–Crippen MR) is 90.3 cm³/mol. The van der Waals surface area contributed by atoms with Gasteiger partial charge in [-0.05, 0) is 45.2 Å². The van der Waals surface area contributed by atoms with Crippen molar-refractivity contribution in [3.63, 3.8) is 0 Å². The van der Waals surface area contributed by atoms with Gasteiger partial charge in [0.1, 0.15) is 11.6 Å². The Morgan fingerprint density at radius 3 is 2.65 bits per heavy atom. The summed E-state index contributed by atoms with van der Waals surface area (Å²) >= 11 is 0. The molecular weight excluding hydrogens is 346 g/mol. The second kappa shape index (κ2) is 8.20. The van der Waals surface area contributed by atoms with E-state index >= 15 is 0 Å². The first-order valence-electron chi connectivity index (χ1n) is 8.33. The monoisotopic (exact) mass is 368 g/mol. The van der Waals surface area contributed by atoms with Crippen LogP contribution in [0.5, 0.6) is 0 Å². The Morgan fingerprint density at radius 2 is 2.08 bits per heavy atom. The molecule has 2 aromatic heterocycles. The molecule has 1 N–H and O–H groups in total. The highest BCUT2D eigenvalue weighted by atomic mass is 19.1. The molecule has 26 heavy (non-hydrogen) atoms. The number of hydrogen-bond donors (Lipinski definition) is 1. The Kier molecular flexibility index (Phi) is 6.23. The Balaban J connectivity index is 1.82. The highest BCUT2D eigenvalue weighted by Gasteiger charge is 2.26. The lowest BCUT2D eigenvalue weighted by Gasteiger charge is -2.18. The molecule has 0 fully saturated rings. The lowest BCUT2D eigenvalue weighted by atomic mass is 10.1. The summed E-state index contributed by atoms with van der Waals surface area (Å²) in [6.07, 6.45) is 2.39. The van der Waals surface area contributed by atoms with E-state index in [2.05, 4.69) is 15.1 Å². The minimum absolute atomic E-state index is 0.0534. The fourth-order valence-electron chi connectivity index (χ4n) is 2.31. The standard InChI is InChI=1S/C17H22F2N4O3/c1-11-9-14(20-10-12(11)18)23(16(24)25)8-6-4-5-7-13-21-15(26-22-13)17(2,3)19/h9-10H,4-8H2,1-3H3,(H,24,25). The highest BCUT2D eigenvalue weighted by Crippen LogP contribution is 2.22. The maximum absolute atomic E-state index is 13.7. The number of aromatic nitrogens is 3. The van der Waals surface area contributed by atoms with Gasteiger partial charge >= 0.3 is 6.09 Å². The van der Waals surface area contributed by atoms with Crippen LogP contribution in [0.3, 0.4) is 0 Å². The third-order valence-electron chi connectivity index (χ3n) is 3.80. The van der Waals surface area contributed by atoms with E-state index in [1.54, 1.807) is 6.92 Å². The molecule has 2 heterocycles. The average Bonchev–Trinajstić information content (AvgIpc) is 3.02. The molecule has 0 aromatic carbocycles. The molecule has 142 valence electrons. The lowest BCUT2D eigenvalue weighted by molar-refractivity contribution is 0.155. The molecule has 2 rings (SSSR count). The average molecular weight is 368 g/mol. The summed E-state index contributed by atoms with van der Waals surface area (Å²) in [6, 6.07) is 1.41. The molecule has 7 nitrogen and oxygen atoms in total. The number of anilines is 1. The van der Waals surface area contributed by atoms with Crippen molar-refractivity contribution in [3.05, 3.63) is 35.4 Å². The molecule has 9 heteroatoms. The Bertz CT molecular complexity index is 759. The molecule has 0 bridgehead atoms. The van der Waals surface area contributed by atoms with Gasteiger partial charge in [-0.2, -0.15) is 4.98 Å². The second-order valence-corrected chi connectivity index (χ2v) is 6.52. The van der Waals surface area contributed by atoms with Gasteiger partial charge in [-0.15, -0.1) is 0 Å². The number of carboxylic acid groups (broad SMARTS) is 1. The van der Waals surface area contributed by atoms with E-state index in [1.807, 2.05) is 0 Å². The van der Waals surface area contributed by atoms with Gasteiger partial charge in [0.05, 0.1) is 6.20 Å². The van der Waals surface area contributed by atoms with Crippen LogP contribution in [0.2, 0.25) is 0 Å². The third-order valence-corrected chi connectivity index (χ3v) is 3.80. The van der Waals surface area contributed by atoms with Gasteiger partial charge < -0.3 is 9.63 Å². The molecule has 0 atom stereocenters. The summed E-state index contributed by atoms with van der Waals surface area (Å²) in [7, 11) is 0. The first-order valence-corrected chi connectivity index (χ1v) is 8.33. The van der Waals surface area contributed by atoms with Gasteiger partial charge in [0.2, 0.25) is 0 Å². The number of carbonyl (C=O) groups is 1. The Morgan fingerprint density at radius 1 is 1.35 bits per heavy atom. The van der Waals surface area contributed by atoms with Gasteiger partial charge in [0.15, 0.2) is 11.5 Å². The number of nitrogens with zero attached hydrogens (tertiary/aromatic N) is 4. The van der Waals surface area contributed by atoms with E-state index in [-0.39, 0.29) is 18.3 Å². The van der Waals surface area contributed by atoms with Crippen molar-refractivity contribution < 1.29 is 23.2 Å². The van der Waals surface area contributed by atoms with Gasteiger partial charge in [-0.3, -0.25) is 4.90 Å². The molecule has 0 saturated heterocycles. The van der Waals surface area contributed by atoms with Gasteiger partial charge in [-0.1, -0.05) is 11.6 Å². The smallest absolute Gasteiger partial charge is 0.413 e. The van der Waals surface area contributed by atoms with Crippen LogP contribution in [-0.2, 0) is 12.1 Å². The minimum atomic E-state index is -1.67. The van der Waals surface area contributed by atoms with Crippen molar-refractivity contribution in [3.8, 4) is 0 Å². The summed E-state index contributed by atoms with van der Waals surface area (Å²) < 4.78 is 31.8. The van der Waals surface area contributed by atoms with Crippen molar-refractivity contribution in [2.24, 2.45) is 0 Å². The molecule has 2 aromatic rings. The third kappa shape index (κ3) is 5.21. The fourth-order valence-corrected chi connectivity index (χ4v) is 2.31. The van der Waals surface area contributed by atoms with Crippen LogP contribution in [0.1, 0.15) is 50.4 Å². The molecule has 0 unspecified atom stereocenters. The zero-order valence-electron chi connectivity index (χ0n) is 15.0. The van der Waals surface area contributed by atoms with Crippen LogP contribution in [0, 0.1) is 12.7 Å². The van der Waals surface area contributed by atoms with Crippen LogP contribution in [0.15, 0.2) is 16.8 Å². The summed E-state index contributed by atoms with van der Waals surface area (Å²) in [4.78, 5) is 20.3. The van der Waals surface area contributed by atoms with Crippen LogP contribution in [0.4, 0.5) is 19.4 Å². The minimum Gasteiger partial charge on any atom is -0.465 e. The van der Waals surface area contributed by atoms with Crippen LogP contribution >= 0.6 is 0 Å². The fraction of sp³-hybridized carbons (Fsp3) is 0.529. The summed E-state index contributed by atoms with van der Waals surface area (Å²) in [5.74, 6) is 0.0957. The maximum Gasteiger partial charge on any atom is 0.413 e. The normalized spacial score (nSPS) is 11.6. The zero-order valence-corrected chi connectivity index (χ0v) is 15.0. The van der Waals surface area contributed by atoms with Crippen molar-refractivity contribution in [2.45, 2.75) is 52.1 Å². The van der Waals surface area contributed by atoms with E-state index in [0.29, 0.717) is 37.1 Å². The van der Waals surface area contributed by atoms with E-state index in [4.69, 9.17) is 4.52 Å². The summed E-state index contributed by atoms with van der Waals surface area (Å²) in [5, 5.41) is 13.1. The predicted octanol–water partition coefficient (Wildman–Crippen LogP) is 4.01. The van der Waals surface area contributed by atoms with Crippen LogP contribution in [-0.4, -0.2) is 32.9 Å². The molecule has 0 aliphatic carbocycles. The number of rotatable bonds is 8. The molecule has 1 amide bonds. The number of aryl methyl sites for hydroxylation is 2. The van der Waals surface area contributed by atoms with E-state index in [0.717, 1.165) is 11.1 Å². The molecule has 0 radical (unpaired) electrons. The molecular formula is C17H22F2N4O3. The largest absolute Gasteiger partial charge is 0.465 e. The highest BCUT2D eigenvalue weighted by molar-refractivity contribution is 5.84. The Hall–Kier alpha value is -2.58. The van der Waals surface area contributed by atoms with Gasteiger partial charge in [0.25, 0.3) is 5.89 Å². The Labute approximate surface area is 150 Å². The molecule has 0 aliphatic heterocycles. The van der Waals surface area contributed by atoms with Crippen molar-refractivity contribution in [1.82, 2.24) is 15.1 Å². The van der Waals surface area contributed by atoms with E-state index in [1.165, 1.54) is 19.9 Å².